The summed E-state index contributed by atoms with van der Waals surface area (Å²) in [7, 11) is -4.29. The van der Waals surface area contributed by atoms with Crippen LogP contribution in [0.1, 0.15) is 128 Å². The second-order valence-electron chi connectivity index (χ2n) is 9.99. The van der Waals surface area contributed by atoms with E-state index < -0.39 is 10.1 Å². The maximum Gasteiger partial charge on any atom is 0.295 e. The summed E-state index contributed by atoms with van der Waals surface area (Å²) in [5.74, 6) is 0. The Kier molecular flexibility index (Phi) is 17.4. The van der Waals surface area contributed by atoms with Crippen molar-refractivity contribution in [3.8, 4) is 0 Å². The normalized spacial score (nSPS) is 11.4. The summed E-state index contributed by atoms with van der Waals surface area (Å²) in [5, 5.41) is 1.56. The van der Waals surface area contributed by atoms with E-state index in [1.54, 1.807) is 0 Å². The Hall–Kier alpha value is -1.72. The first-order valence-electron chi connectivity index (χ1n) is 14.3. The molecule has 0 spiro atoms. The molecule has 0 saturated heterocycles. The number of rotatable bonds is 19. The third-order valence-corrected chi connectivity index (χ3v) is 8.02. The van der Waals surface area contributed by atoms with E-state index in [1.807, 2.05) is 31.1 Å². The minimum atomic E-state index is -4.29. The smallest absolute Gasteiger partial charge is 0.295 e. The molecule has 1 N–H and O–H groups in total. The molecule has 2 rings (SSSR count). The summed E-state index contributed by atoms with van der Waals surface area (Å²) in [6.07, 6.45) is 21.4. The second kappa shape index (κ2) is 19.4. The number of fused-ring (bicyclic) bond motifs is 1. The molecule has 2 aromatic carbocycles. The van der Waals surface area contributed by atoms with Gasteiger partial charge in [-0.3, -0.25) is 4.55 Å². The number of hydrogen-bond acceptors (Lipinski definition) is 3. The molecule has 0 aromatic heterocycles. The van der Waals surface area contributed by atoms with E-state index in [0.29, 0.717) is 5.39 Å². The first kappa shape index (κ1) is 32.3. The molecular formula is C31H50O4S. The summed E-state index contributed by atoms with van der Waals surface area (Å²) >= 11 is 0. The van der Waals surface area contributed by atoms with Crippen LogP contribution in [0.15, 0.2) is 35.2 Å². The highest BCUT2D eigenvalue weighted by atomic mass is 32.2. The molecule has 2 aromatic rings. The lowest BCUT2D eigenvalue weighted by molar-refractivity contribution is -0.0980. The zero-order chi connectivity index (χ0) is 26.7. The van der Waals surface area contributed by atoms with Gasteiger partial charge >= 0.3 is 0 Å². The van der Waals surface area contributed by atoms with E-state index in [0.717, 1.165) is 48.6 Å². The molecule has 0 bridgehead atoms. The molecule has 0 aliphatic rings. The highest BCUT2D eigenvalue weighted by Crippen LogP contribution is 2.32. The lowest BCUT2D eigenvalue weighted by Gasteiger charge is -2.17. The quantitative estimate of drug-likeness (QED) is 0.149. The molecule has 0 aliphatic carbocycles. The Balaban J connectivity index is 0.00000316. The van der Waals surface area contributed by atoms with Crippen molar-refractivity contribution in [3.63, 3.8) is 0 Å². The van der Waals surface area contributed by atoms with Crippen LogP contribution in [0.3, 0.4) is 0 Å². The van der Waals surface area contributed by atoms with Gasteiger partial charge < -0.3 is 4.79 Å². The summed E-state index contributed by atoms with van der Waals surface area (Å²) in [6, 6.07) is 9.76. The maximum atomic E-state index is 12.5. The number of carbonyl (C=O) groups is 1. The fraction of sp³-hybridized carbons (Fsp3) is 0.645. The van der Waals surface area contributed by atoms with Gasteiger partial charge in [0.25, 0.3) is 10.1 Å². The van der Waals surface area contributed by atoms with Crippen molar-refractivity contribution in [3.05, 3.63) is 41.5 Å². The van der Waals surface area contributed by atoms with Crippen LogP contribution in [0.2, 0.25) is 0 Å². The molecule has 5 heteroatoms. The topological polar surface area (TPSA) is 71.4 Å². The first-order valence-corrected chi connectivity index (χ1v) is 15.7. The standard InChI is InChI=1S/C30H48O3S.CH2O/c1-3-5-7-9-11-13-15-17-21-26-25-27-22-19-20-24-29(27)30(34(31,32)33)28(26)23-18-16-14-12-10-8-6-4-2;1-2/h19-20,22,24-25H,3-18,21,23H2,1-2H3,(H,31,32,33);1H2. The fourth-order valence-corrected chi connectivity index (χ4v) is 6.10. The zero-order valence-electron chi connectivity index (χ0n) is 22.9. The molecule has 0 radical (unpaired) electrons. The fourth-order valence-electron chi connectivity index (χ4n) is 5.09. The van der Waals surface area contributed by atoms with E-state index in [4.69, 9.17) is 4.79 Å². The van der Waals surface area contributed by atoms with Crippen molar-refractivity contribution >= 4 is 27.7 Å². The Morgan fingerprint density at radius 3 is 1.61 bits per heavy atom. The highest BCUT2D eigenvalue weighted by molar-refractivity contribution is 7.86. The van der Waals surface area contributed by atoms with Crippen LogP contribution in [0.4, 0.5) is 0 Å². The zero-order valence-corrected chi connectivity index (χ0v) is 23.7. The Labute approximate surface area is 221 Å². The van der Waals surface area contributed by atoms with Crippen molar-refractivity contribution in [1.29, 1.82) is 0 Å². The number of carbonyl (C=O) groups excluding carboxylic acids is 1. The molecule has 0 heterocycles. The number of benzene rings is 2. The van der Waals surface area contributed by atoms with Gasteiger partial charge in [0, 0.05) is 5.39 Å². The van der Waals surface area contributed by atoms with Gasteiger partial charge in [-0.05, 0) is 42.2 Å². The van der Waals surface area contributed by atoms with E-state index in [9.17, 15) is 13.0 Å². The Bertz CT molecular complexity index is 952. The van der Waals surface area contributed by atoms with E-state index in [2.05, 4.69) is 19.9 Å². The Morgan fingerprint density at radius 2 is 1.11 bits per heavy atom. The molecule has 0 aliphatic heterocycles. The molecule has 0 atom stereocenters. The van der Waals surface area contributed by atoms with E-state index in [-0.39, 0.29) is 4.90 Å². The van der Waals surface area contributed by atoms with Gasteiger partial charge in [0.15, 0.2) is 0 Å². The Morgan fingerprint density at radius 1 is 0.667 bits per heavy atom. The van der Waals surface area contributed by atoms with Crippen molar-refractivity contribution in [2.24, 2.45) is 0 Å². The molecule has 0 unspecified atom stereocenters. The van der Waals surface area contributed by atoms with Gasteiger partial charge in [0.1, 0.15) is 11.7 Å². The molecule has 204 valence electrons. The number of aryl methyl sites for hydroxylation is 1. The van der Waals surface area contributed by atoms with Crippen LogP contribution in [0, 0.1) is 0 Å². The van der Waals surface area contributed by atoms with Gasteiger partial charge in [-0.15, -0.1) is 0 Å². The second-order valence-corrected chi connectivity index (χ2v) is 11.3. The van der Waals surface area contributed by atoms with Gasteiger partial charge in [0.2, 0.25) is 0 Å². The van der Waals surface area contributed by atoms with Crippen molar-refractivity contribution in [2.75, 3.05) is 0 Å². The van der Waals surface area contributed by atoms with Crippen LogP contribution in [-0.4, -0.2) is 19.8 Å². The summed E-state index contributed by atoms with van der Waals surface area (Å²) < 4.78 is 35.2. The third-order valence-electron chi connectivity index (χ3n) is 7.03. The molecule has 0 saturated carbocycles. The predicted molar refractivity (Wildman–Crippen MR) is 154 cm³/mol. The molecule has 0 amide bonds. The van der Waals surface area contributed by atoms with Gasteiger partial charge in [-0.25, -0.2) is 0 Å². The highest BCUT2D eigenvalue weighted by Gasteiger charge is 2.22. The van der Waals surface area contributed by atoms with Crippen molar-refractivity contribution < 1.29 is 17.8 Å². The summed E-state index contributed by atoms with van der Waals surface area (Å²) in [5.41, 5.74) is 1.97. The number of unbranched alkanes of at least 4 members (excludes halogenated alkanes) is 14. The van der Waals surface area contributed by atoms with Gasteiger partial charge in [-0.1, -0.05) is 134 Å². The van der Waals surface area contributed by atoms with Crippen LogP contribution in [0.25, 0.3) is 10.8 Å². The van der Waals surface area contributed by atoms with Crippen molar-refractivity contribution in [2.45, 2.75) is 134 Å². The average molecular weight is 519 g/mol. The summed E-state index contributed by atoms with van der Waals surface area (Å²) in [4.78, 5) is 8.16. The largest absolute Gasteiger partial charge is 0.307 e. The molecule has 36 heavy (non-hydrogen) atoms. The molecular weight excluding hydrogens is 468 g/mol. The van der Waals surface area contributed by atoms with Gasteiger partial charge in [-0.2, -0.15) is 8.42 Å². The SMILES string of the molecule is C=O.CCCCCCCCCCc1cc2ccccc2c(S(=O)(=O)O)c1CCCCCCCCCC. The third kappa shape index (κ3) is 12.0. The van der Waals surface area contributed by atoms with Crippen LogP contribution >= 0.6 is 0 Å². The van der Waals surface area contributed by atoms with Crippen molar-refractivity contribution in [1.82, 2.24) is 0 Å². The van der Waals surface area contributed by atoms with E-state index >= 15 is 0 Å². The summed E-state index contributed by atoms with van der Waals surface area (Å²) in [6.45, 7) is 6.48. The lowest BCUT2D eigenvalue weighted by atomic mass is 9.93. The van der Waals surface area contributed by atoms with E-state index in [1.165, 1.54) is 83.5 Å². The maximum absolute atomic E-state index is 12.5. The molecule has 4 nitrogen and oxygen atoms in total. The monoisotopic (exact) mass is 518 g/mol. The first-order chi connectivity index (χ1) is 17.5. The minimum Gasteiger partial charge on any atom is -0.307 e. The minimum absolute atomic E-state index is 0.156. The van der Waals surface area contributed by atoms with Gasteiger partial charge in [0.05, 0.1) is 0 Å². The van der Waals surface area contributed by atoms with Crippen LogP contribution in [-0.2, 0) is 27.8 Å². The van der Waals surface area contributed by atoms with Crippen LogP contribution < -0.4 is 0 Å². The predicted octanol–water partition coefficient (Wildman–Crippen LogP) is 9.27. The van der Waals surface area contributed by atoms with Crippen LogP contribution in [0.5, 0.6) is 0 Å². The average Bonchev–Trinajstić information content (AvgIpc) is 2.87. The lowest BCUT2D eigenvalue weighted by Crippen LogP contribution is -2.08. The number of hydrogen-bond donors (Lipinski definition) is 1. The molecule has 0 fully saturated rings.